The van der Waals surface area contributed by atoms with E-state index >= 15 is 0 Å². The van der Waals surface area contributed by atoms with Gasteiger partial charge in [-0.2, -0.15) is 16.9 Å². The van der Waals surface area contributed by atoms with Crippen LogP contribution in [0.1, 0.15) is 6.42 Å². The molecule has 100 valence electrons. The van der Waals surface area contributed by atoms with Crippen molar-refractivity contribution in [2.75, 3.05) is 23.4 Å². The number of anilines is 1. The van der Waals surface area contributed by atoms with Crippen molar-refractivity contribution in [2.45, 2.75) is 6.42 Å². The molecule has 0 aliphatic carbocycles. The first-order valence-electron chi connectivity index (χ1n) is 6.38. The number of thioether (sulfide) groups is 1. The summed E-state index contributed by atoms with van der Waals surface area (Å²) in [4.78, 5) is 11.9. The molecule has 3 heterocycles. The molecular weight excluding hydrogens is 260 g/mol. The summed E-state index contributed by atoms with van der Waals surface area (Å²) in [7, 11) is 0. The van der Waals surface area contributed by atoms with Crippen molar-refractivity contribution in [1.82, 2.24) is 14.9 Å². The minimum atomic E-state index is -0.147. The molecule has 1 fully saturated rings. The maximum absolute atomic E-state index is 11.9. The number of hydrogen-bond acceptors (Lipinski definition) is 3. The molecule has 1 unspecified atom stereocenters. The number of pyridine rings is 1. The standard InChI is InChI=1S/C13H16N4OS/c18-13(14-8-10-4-7-19-9-10)16-11-2-1-6-17-12(11)3-5-15-17/h1-3,5-6,10H,4,7-9H2,(H2,14,16,18). The molecule has 1 saturated heterocycles. The van der Waals surface area contributed by atoms with Crippen molar-refractivity contribution >= 4 is 29.0 Å². The second-order valence-corrected chi connectivity index (χ2v) is 5.80. The van der Waals surface area contributed by atoms with Crippen molar-refractivity contribution < 1.29 is 4.79 Å². The first-order chi connectivity index (χ1) is 9.33. The summed E-state index contributed by atoms with van der Waals surface area (Å²) >= 11 is 1.96. The third-order valence-corrected chi connectivity index (χ3v) is 4.49. The maximum atomic E-state index is 11.9. The molecule has 2 aromatic rings. The molecule has 3 rings (SSSR count). The van der Waals surface area contributed by atoms with Crippen LogP contribution in [0.15, 0.2) is 30.6 Å². The van der Waals surface area contributed by atoms with E-state index in [2.05, 4.69) is 15.7 Å². The zero-order valence-corrected chi connectivity index (χ0v) is 11.3. The second kappa shape index (κ2) is 5.52. The Bertz CT molecular complexity index is 577. The molecule has 1 aliphatic rings. The number of amides is 2. The van der Waals surface area contributed by atoms with Gasteiger partial charge in [0.1, 0.15) is 0 Å². The Balaban J connectivity index is 1.60. The van der Waals surface area contributed by atoms with Gasteiger partial charge in [-0.25, -0.2) is 9.31 Å². The van der Waals surface area contributed by atoms with Crippen molar-refractivity contribution in [3.05, 3.63) is 30.6 Å². The van der Waals surface area contributed by atoms with Gasteiger partial charge in [-0.3, -0.25) is 0 Å². The highest BCUT2D eigenvalue weighted by Gasteiger charge is 2.16. The number of urea groups is 1. The lowest BCUT2D eigenvalue weighted by Gasteiger charge is -2.11. The van der Waals surface area contributed by atoms with Gasteiger partial charge in [0.25, 0.3) is 0 Å². The zero-order chi connectivity index (χ0) is 13.1. The first-order valence-corrected chi connectivity index (χ1v) is 7.53. The average Bonchev–Trinajstić information content (AvgIpc) is 3.08. The van der Waals surface area contributed by atoms with Crippen LogP contribution in [0.3, 0.4) is 0 Å². The van der Waals surface area contributed by atoms with Crippen LogP contribution < -0.4 is 10.6 Å². The lowest BCUT2D eigenvalue weighted by atomic mass is 10.1. The Morgan fingerprint density at radius 1 is 1.53 bits per heavy atom. The van der Waals surface area contributed by atoms with E-state index in [9.17, 15) is 4.79 Å². The van der Waals surface area contributed by atoms with E-state index in [1.807, 2.05) is 36.2 Å². The van der Waals surface area contributed by atoms with E-state index in [4.69, 9.17) is 0 Å². The predicted molar refractivity (Wildman–Crippen MR) is 77.6 cm³/mol. The fraction of sp³-hybridized carbons (Fsp3) is 0.385. The van der Waals surface area contributed by atoms with Crippen LogP contribution in [0.5, 0.6) is 0 Å². The van der Waals surface area contributed by atoms with Gasteiger partial charge in [-0.05, 0) is 42.0 Å². The second-order valence-electron chi connectivity index (χ2n) is 4.65. The molecule has 6 heteroatoms. The van der Waals surface area contributed by atoms with Gasteiger partial charge in [-0.1, -0.05) is 0 Å². The minimum absolute atomic E-state index is 0.147. The molecule has 5 nitrogen and oxygen atoms in total. The van der Waals surface area contributed by atoms with E-state index in [1.165, 1.54) is 12.2 Å². The van der Waals surface area contributed by atoms with Crippen LogP contribution in [-0.2, 0) is 0 Å². The van der Waals surface area contributed by atoms with Crippen LogP contribution in [0, 0.1) is 5.92 Å². The van der Waals surface area contributed by atoms with Crippen molar-refractivity contribution in [3.63, 3.8) is 0 Å². The topological polar surface area (TPSA) is 58.4 Å². The molecule has 1 atom stereocenters. The number of aromatic nitrogens is 2. The fourth-order valence-corrected chi connectivity index (χ4v) is 3.49. The monoisotopic (exact) mass is 276 g/mol. The number of carbonyl (C=O) groups excluding carboxylic acids is 1. The first kappa shape index (κ1) is 12.3. The summed E-state index contributed by atoms with van der Waals surface area (Å²) in [6.07, 6.45) is 4.77. The third-order valence-electron chi connectivity index (χ3n) is 3.26. The number of nitrogens with zero attached hydrogens (tertiary/aromatic N) is 2. The highest BCUT2D eigenvalue weighted by Crippen LogP contribution is 2.22. The van der Waals surface area contributed by atoms with E-state index in [1.54, 1.807) is 10.7 Å². The van der Waals surface area contributed by atoms with Gasteiger partial charge in [-0.15, -0.1) is 0 Å². The van der Waals surface area contributed by atoms with E-state index < -0.39 is 0 Å². The quantitative estimate of drug-likeness (QED) is 0.903. The van der Waals surface area contributed by atoms with E-state index in [0.717, 1.165) is 23.5 Å². The molecule has 19 heavy (non-hydrogen) atoms. The molecule has 2 amide bonds. The number of carbonyl (C=O) groups is 1. The number of nitrogens with one attached hydrogen (secondary N) is 2. The maximum Gasteiger partial charge on any atom is 0.319 e. The molecule has 0 bridgehead atoms. The number of fused-ring (bicyclic) bond motifs is 1. The van der Waals surface area contributed by atoms with Gasteiger partial charge in [0.05, 0.1) is 17.4 Å². The van der Waals surface area contributed by atoms with Gasteiger partial charge in [0.15, 0.2) is 0 Å². The minimum Gasteiger partial charge on any atom is -0.338 e. The van der Waals surface area contributed by atoms with Crippen LogP contribution in [-0.4, -0.2) is 33.7 Å². The van der Waals surface area contributed by atoms with Gasteiger partial charge >= 0.3 is 6.03 Å². The van der Waals surface area contributed by atoms with Crippen LogP contribution in [0.25, 0.3) is 5.52 Å². The SMILES string of the molecule is O=C(NCC1CCSC1)Nc1cccn2nccc12. The Kier molecular flexibility index (Phi) is 3.59. The Labute approximate surface area is 115 Å². The van der Waals surface area contributed by atoms with E-state index in [-0.39, 0.29) is 6.03 Å². The Morgan fingerprint density at radius 2 is 2.47 bits per heavy atom. The summed E-state index contributed by atoms with van der Waals surface area (Å²) in [5, 5.41) is 9.95. The molecule has 0 radical (unpaired) electrons. The van der Waals surface area contributed by atoms with Gasteiger partial charge in [0.2, 0.25) is 0 Å². The molecule has 0 saturated carbocycles. The Hall–Kier alpha value is -1.69. The van der Waals surface area contributed by atoms with Crippen LogP contribution in [0.4, 0.5) is 10.5 Å². The Morgan fingerprint density at radius 3 is 3.32 bits per heavy atom. The van der Waals surface area contributed by atoms with Crippen molar-refractivity contribution in [2.24, 2.45) is 5.92 Å². The molecule has 2 N–H and O–H groups in total. The van der Waals surface area contributed by atoms with Crippen LogP contribution in [0.2, 0.25) is 0 Å². The predicted octanol–water partition coefficient (Wildman–Crippen LogP) is 2.21. The smallest absolute Gasteiger partial charge is 0.319 e. The fourth-order valence-electron chi connectivity index (χ4n) is 2.21. The zero-order valence-electron chi connectivity index (χ0n) is 10.5. The van der Waals surface area contributed by atoms with Gasteiger partial charge < -0.3 is 10.6 Å². The molecule has 0 spiro atoms. The van der Waals surface area contributed by atoms with Crippen molar-refractivity contribution in [3.8, 4) is 0 Å². The summed E-state index contributed by atoms with van der Waals surface area (Å²) in [6.45, 7) is 0.751. The molecule has 0 aromatic carbocycles. The molecule has 1 aliphatic heterocycles. The highest BCUT2D eigenvalue weighted by molar-refractivity contribution is 7.99. The van der Waals surface area contributed by atoms with Crippen molar-refractivity contribution in [1.29, 1.82) is 0 Å². The summed E-state index contributed by atoms with van der Waals surface area (Å²) < 4.78 is 1.74. The highest BCUT2D eigenvalue weighted by atomic mass is 32.2. The summed E-state index contributed by atoms with van der Waals surface area (Å²) in [5.41, 5.74) is 1.67. The summed E-state index contributed by atoms with van der Waals surface area (Å²) in [6, 6.07) is 5.47. The van der Waals surface area contributed by atoms with Gasteiger partial charge in [0, 0.05) is 12.7 Å². The normalized spacial score (nSPS) is 18.6. The molecular formula is C13H16N4OS. The largest absolute Gasteiger partial charge is 0.338 e. The number of rotatable bonds is 3. The lowest BCUT2D eigenvalue weighted by molar-refractivity contribution is 0.250. The number of hydrogen-bond donors (Lipinski definition) is 2. The molecule has 2 aromatic heterocycles. The summed E-state index contributed by atoms with van der Waals surface area (Å²) in [5.74, 6) is 2.98. The van der Waals surface area contributed by atoms with Crippen LogP contribution >= 0.6 is 11.8 Å². The average molecular weight is 276 g/mol. The van der Waals surface area contributed by atoms with E-state index in [0.29, 0.717) is 5.92 Å². The lowest BCUT2D eigenvalue weighted by Crippen LogP contribution is -2.33. The third kappa shape index (κ3) is 2.84.